The first-order valence-electron chi connectivity index (χ1n) is 8.19. The van der Waals surface area contributed by atoms with E-state index in [0.29, 0.717) is 0 Å². The molecule has 0 amide bonds. The molecule has 3 aromatic rings. The van der Waals surface area contributed by atoms with Crippen LogP contribution in [0.3, 0.4) is 0 Å². The minimum Gasteiger partial charge on any atom is -0.336 e. The molecule has 0 aliphatic rings. The molecule has 3 aromatic heterocycles. The van der Waals surface area contributed by atoms with E-state index in [4.69, 9.17) is 9.97 Å². The van der Waals surface area contributed by atoms with Gasteiger partial charge in [-0.25, -0.2) is 9.97 Å². The number of rotatable bonds is 6. The smallest absolute Gasteiger partial charge is 0.160 e. The summed E-state index contributed by atoms with van der Waals surface area (Å²) in [6.45, 7) is 9.89. The Hall–Kier alpha value is -2.44. The van der Waals surface area contributed by atoms with E-state index >= 15 is 0 Å². The van der Waals surface area contributed by atoms with Crippen LogP contribution in [0.2, 0.25) is 0 Å². The van der Waals surface area contributed by atoms with Gasteiger partial charge in [0.1, 0.15) is 16.9 Å². The Labute approximate surface area is 135 Å². The van der Waals surface area contributed by atoms with Gasteiger partial charge in [-0.3, -0.25) is 9.36 Å². The van der Waals surface area contributed by atoms with Gasteiger partial charge in [-0.2, -0.15) is 10.2 Å². The van der Waals surface area contributed by atoms with Crippen molar-refractivity contribution in [3.05, 3.63) is 23.9 Å². The largest absolute Gasteiger partial charge is 0.336 e. The van der Waals surface area contributed by atoms with E-state index in [1.165, 1.54) is 0 Å². The standard InChI is InChI=1S/C16H23N7/c1-5-8-13-19-14-11(4)21-23(7-3)15(14)16(20-13)18-12-9-17-22(6-2)10-12/h9-10H,5-8H2,1-4H3,(H,18,19,20). The lowest BCUT2D eigenvalue weighted by atomic mass is 10.3. The minimum absolute atomic E-state index is 0.781. The molecule has 7 heteroatoms. The molecule has 7 nitrogen and oxygen atoms in total. The number of nitrogens with one attached hydrogen (secondary N) is 1. The number of nitrogens with zero attached hydrogens (tertiary/aromatic N) is 6. The fourth-order valence-electron chi connectivity index (χ4n) is 2.67. The third kappa shape index (κ3) is 2.91. The predicted molar refractivity (Wildman–Crippen MR) is 90.9 cm³/mol. The first-order valence-corrected chi connectivity index (χ1v) is 8.19. The van der Waals surface area contributed by atoms with Crippen LogP contribution >= 0.6 is 0 Å². The quantitative estimate of drug-likeness (QED) is 0.757. The number of hydrogen-bond donors (Lipinski definition) is 1. The Balaban J connectivity index is 2.11. The first-order chi connectivity index (χ1) is 11.2. The van der Waals surface area contributed by atoms with Crippen molar-refractivity contribution in [2.45, 2.75) is 53.6 Å². The third-order valence-corrected chi connectivity index (χ3v) is 3.79. The van der Waals surface area contributed by atoms with Crippen molar-refractivity contribution in [2.24, 2.45) is 0 Å². The van der Waals surface area contributed by atoms with Crippen molar-refractivity contribution in [3.8, 4) is 0 Å². The average Bonchev–Trinajstić information content (AvgIpc) is 3.12. The molecule has 0 bridgehead atoms. The summed E-state index contributed by atoms with van der Waals surface area (Å²) in [6, 6.07) is 0. The van der Waals surface area contributed by atoms with Crippen LogP contribution in [0.25, 0.3) is 11.0 Å². The predicted octanol–water partition coefficient (Wildman–Crippen LogP) is 3.07. The van der Waals surface area contributed by atoms with Gasteiger partial charge in [-0.15, -0.1) is 0 Å². The molecule has 0 aliphatic carbocycles. The number of hydrogen-bond acceptors (Lipinski definition) is 5. The van der Waals surface area contributed by atoms with Crippen molar-refractivity contribution in [1.82, 2.24) is 29.5 Å². The zero-order valence-corrected chi connectivity index (χ0v) is 14.2. The average molecular weight is 313 g/mol. The highest BCUT2D eigenvalue weighted by Gasteiger charge is 2.16. The molecule has 3 heterocycles. The van der Waals surface area contributed by atoms with Crippen LogP contribution in [-0.2, 0) is 19.5 Å². The molecule has 0 radical (unpaired) electrons. The number of anilines is 2. The van der Waals surface area contributed by atoms with Crippen molar-refractivity contribution < 1.29 is 0 Å². The highest BCUT2D eigenvalue weighted by Crippen LogP contribution is 2.26. The van der Waals surface area contributed by atoms with Gasteiger partial charge in [0.05, 0.1) is 17.6 Å². The summed E-state index contributed by atoms with van der Waals surface area (Å²) in [7, 11) is 0. The Morgan fingerprint density at radius 3 is 2.61 bits per heavy atom. The maximum absolute atomic E-state index is 4.72. The van der Waals surface area contributed by atoms with Crippen molar-refractivity contribution in [3.63, 3.8) is 0 Å². The molecule has 0 aliphatic heterocycles. The third-order valence-electron chi connectivity index (χ3n) is 3.79. The second-order valence-electron chi connectivity index (χ2n) is 5.55. The van der Waals surface area contributed by atoms with Gasteiger partial charge in [0, 0.05) is 25.7 Å². The lowest BCUT2D eigenvalue weighted by Gasteiger charge is -2.09. The molecule has 0 fully saturated rings. The van der Waals surface area contributed by atoms with Crippen LogP contribution in [-0.4, -0.2) is 29.5 Å². The van der Waals surface area contributed by atoms with Crippen molar-refractivity contribution >= 4 is 22.5 Å². The van der Waals surface area contributed by atoms with Gasteiger partial charge in [-0.05, 0) is 27.2 Å². The molecular weight excluding hydrogens is 290 g/mol. The molecule has 23 heavy (non-hydrogen) atoms. The van der Waals surface area contributed by atoms with E-state index in [0.717, 1.165) is 60.0 Å². The Bertz CT molecular complexity index is 815. The molecule has 3 rings (SSSR count). The van der Waals surface area contributed by atoms with Crippen LogP contribution in [0.15, 0.2) is 12.4 Å². The molecule has 0 unspecified atom stereocenters. The summed E-state index contributed by atoms with van der Waals surface area (Å²) in [5, 5.41) is 12.3. The van der Waals surface area contributed by atoms with Crippen molar-refractivity contribution in [1.29, 1.82) is 0 Å². The summed E-state index contributed by atoms with van der Waals surface area (Å²) in [5.74, 6) is 1.65. The van der Waals surface area contributed by atoms with E-state index < -0.39 is 0 Å². The SMILES string of the molecule is CCCc1nc(Nc2cnn(CC)c2)c2c(n1)c(C)nn2CC. The Morgan fingerprint density at radius 1 is 1.13 bits per heavy atom. The normalized spacial score (nSPS) is 11.3. The van der Waals surface area contributed by atoms with Crippen LogP contribution in [0, 0.1) is 6.92 Å². The molecule has 0 aromatic carbocycles. The highest BCUT2D eigenvalue weighted by molar-refractivity contribution is 5.89. The maximum atomic E-state index is 4.72. The molecular formula is C16H23N7. The van der Waals surface area contributed by atoms with Gasteiger partial charge >= 0.3 is 0 Å². The monoisotopic (exact) mass is 313 g/mol. The first kappa shape index (κ1) is 15.5. The second kappa shape index (κ2) is 6.36. The van der Waals surface area contributed by atoms with Gasteiger partial charge in [-0.1, -0.05) is 6.92 Å². The molecule has 122 valence electrons. The number of aromatic nitrogens is 6. The number of fused-ring (bicyclic) bond motifs is 1. The lowest BCUT2D eigenvalue weighted by Crippen LogP contribution is -2.05. The van der Waals surface area contributed by atoms with Gasteiger partial charge in [0.25, 0.3) is 0 Å². The van der Waals surface area contributed by atoms with Crippen LogP contribution in [0.1, 0.15) is 38.7 Å². The Morgan fingerprint density at radius 2 is 1.96 bits per heavy atom. The summed E-state index contributed by atoms with van der Waals surface area (Å²) in [5.41, 5.74) is 3.74. The van der Waals surface area contributed by atoms with Gasteiger partial charge in [0.2, 0.25) is 0 Å². The topological polar surface area (TPSA) is 73.5 Å². The van der Waals surface area contributed by atoms with Gasteiger partial charge < -0.3 is 5.32 Å². The van der Waals surface area contributed by atoms with E-state index in [1.54, 1.807) is 0 Å². The molecule has 0 spiro atoms. The summed E-state index contributed by atoms with van der Waals surface area (Å²) < 4.78 is 3.84. The minimum atomic E-state index is 0.781. The summed E-state index contributed by atoms with van der Waals surface area (Å²) >= 11 is 0. The number of aryl methyl sites for hydroxylation is 4. The van der Waals surface area contributed by atoms with E-state index in [9.17, 15) is 0 Å². The van der Waals surface area contributed by atoms with Gasteiger partial charge in [0.15, 0.2) is 5.82 Å². The zero-order chi connectivity index (χ0) is 16.4. The zero-order valence-electron chi connectivity index (χ0n) is 14.2. The summed E-state index contributed by atoms with van der Waals surface area (Å²) in [4.78, 5) is 9.42. The molecule has 0 atom stereocenters. The Kier molecular flexibility index (Phi) is 4.27. The van der Waals surface area contributed by atoms with E-state index in [-0.39, 0.29) is 0 Å². The molecule has 0 saturated heterocycles. The van der Waals surface area contributed by atoms with E-state index in [1.807, 2.05) is 28.7 Å². The van der Waals surface area contributed by atoms with Crippen LogP contribution < -0.4 is 5.32 Å². The van der Waals surface area contributed by atoms with Crippen LogP contribution in [0.4, 0.5) is 11.5 Å². The fourth-order valence-corrected chi connectivity index (χ4v) is 2.67. The summed E-state index contributed by atoms with van der Waals surface area (Å²) in [6.07, 6.45) is 5.67. The fraction of sp³-hybridized carbons (Fsp3) is 0.500. The van der Waals surface area contributed by atoms with E-state index in [2.05, 4.69) is 36.3 Å². The molecule has 0 saturated carbocycles. The van der Waals surface area contributed by atoms with Crippen LogP contribution in [0.5, 0.6) is 0 Å². The highest BCUT2D eigenvalue weighted by atomic mass is 15.3. The van der Waals surface area contributed by atoms with Crippen molar-refractivity contribution in [2.75, 3.05) is 5.32 Å². The maximum Gasteiger partial charge on any atom is 0.160 e. The lowest BCUT2D eigenvalue weighted by molar-refractivity contribution is 0.660. The molecule has 1 N–H and O–H groups in total. The second-order valence-corrected chi connectivity index (χ2v) is 5.55.